The van der Waals surface area contributed by atoms with Crippen LogP contribution in [0, 0.1) is 0 Å². The molecule has 0 saturated carbocycles. The minimum atomic E-state index is -7.02. The third kappa shape index (κ3) is 2.49. The molecule has 146 valence electrons. The Morgan fingerprint density at radius 2 is 1.30 bits per heavy atom. The zero-order chi connectivity index (χ0) is 20.4. The van der Waals surface area contributed by atoms with E-state index in [0.29, 0.717) is 11.1 Å². The second-order valence-electron chi connectivity index (χ2n) is 6.04. The maximum Gasteiger partial charge on any atom is 0.460 e. The molecule has 0 aliphatic heterocycles. The van der Waals surface area contributed by atoms with Crippen LogP contribution in [-0.4, -0.2) is 23.1 Å². The van der Waals surface area contributed by atoms with Crippen molar-refractivity contribution in [3.8, 4) is 16.9 Å². The molecule has 0 amide bonds. The van der Waals surface area contributed by atoms with E-state index >= 15 is 0 Å². The number of alkyl halides is 9. The van der Waals surface area contributed by atoms with E-state index in [2.05, 4.69) is 0 Å². The number of phenols is 1. The summed E-state index contributed by atoms with van der Waals surface area (Å²) in [4.78, 5) is 0. The predicted molar refractivity (Wildman–Crippen MR) is 76.2 cm³/mol. The quantitative estimate of drug-likeness (QED) is 0.544. The lowest BCUT2D eigenvalue weighted by Gasteiger charge is -2.34. The van der Waals surface area contributed by atoms with Gasteiger partial charge in [0.25, 0.3) is 0 Å². The van der Waals surface area contributed by atoms with E-state index in [1.165, 1.54) is 0 Å². The molecule has 2 aromatic carbocycles. The van der Waals surface area contributed by atoms with Crippen LogP contribution >= 0.6 is 0 Å². The van der Waals surface area contributed by atoms with Gasteiger partial charge >= 0.3 is 23.9 Å². The number of fused-ring (bicyclic) bond motifs is 3. The third-order valence-electron chi connectivity index (χ3n) is 4.44. The van der Waals surface area contributed by atoms with Crippen LogP contribution < -0.4 is 0 Å². The van der Waals surface area contributed by atoms with E-state index in [4.69, 9.17) is 0 Å². The van der Waals surface area contributed by atoms with E-state index in [9.17, 15) is 44.6 Å². The number of phenolic OH excluding ortho intramolecular Hbond substituents is 1. The summed E-state index contributed by atoms with van der Waals surface area (Å²) in [6.45, 7) is 0. The van der Waals surface area contributed by atoms with Crippen LogP contribution in [0.25, 0.3) is 11.1 Å². The molecule has 0 unspecified atom stereocenters. The van der Waals surface area contributed by atoms with Crippen molar-refractivity contribution in [2.75, 3.05) is 0 Å². The van der Waals surface area contributed by atoms with Gasteiger partial charge in [0.1, 0.15) is 5.75 Å². The number of halogens is 9. The minimum absolute atomic E-state index is 0.164. The lowest BCUT2D eigenvalue weighted by atomic mass is 9.92. The Morgan fingerprint density at radius 3 is 1.89 bits per heavy atom. The summed E-state index contributed by atoms with van der Waals surface area (Å²) in [5.41, 5.74) is -0.989. The Morgan fingerprint density at radius 1 is 0.704 bits per heavy atom. The van der Waals surface area contributed by atoms with Gasteiger partial charge in [-0.25, -0.2) is 0 Å². The summed E-state index contributed by atoms with van der Waals surface area (Å²) in [5, 5.41) is 10.0. The Balaban J connectivity index is 2.13. The molecule has 0 aromatic heterocycles. The highest BCUT2D eigenvalue weighted by atomic mass is 19.4. The van der Waals surface area contributed by atoms with E-state index in [1.54, 1.807) is 24.3 Å². The zero-order valence-corrected chi connectivity index (χ0v) is 13.0. The number of benzene rings is 2. The minimum Gasteiger partial charge on any atom is -0.507 e. The number of rotatable bonds is 3. The molecule has 3 rings (SSSR count). The molecule has 1 aliphatic rings. The summed E-state index contributed by atoms with van der Waals surface area (Å²) >= 11 is 0. The summed E-state index contributed by atoms with van der Waals surface area (Å²) in [5.74, 6) is -21.3. The highest BCUT2D eigenvalue weighted by molar-refractivity contribution is 5.79. The topological polar surface area (TPSA) is 20.2 Å². The first kappa shape index (κ1) is 19.4. The van der Waals surface area contributed by atoms with E-state index in [0.717, 1.165) is 6.07 Å². The van der Waals surface area contributed by atoms with Crippen LogP contribution in [-0.2, 0) is 12.3 Å². The highest BCUT2D eigenvalue weighted by Crippen LogP contribution is 2.58. The van der Waals surface area contributed by atoms with Crippen LogP contribution in [0.5, 0.6) is 5.75 Å². The molecular weight excluding hydrogens is 391 g/mol. The fourth-order valence-electron chi connectivity index (χ4n) is 2.99. The highest BCUT2D eigenvalue weighted by Gasteiger charge is 2.82. The Bertz CT molecular complexity index is 900. The lowest BCUT2D eigenvalue weighted by molar-refractivity contribution is -0.399. The maximum atomic E-state index is 14.1. The first-order valence-electron chi connectivity index (χ1n) is 7.37. The smallest absolute Gasteiger partial charge is 0.460 e. The van der Waals surface area contributed by atoms with Crippen LogP contribution in [0.3, 0.4) is 0 Å². The van der Waals surface area contributed by atoms with Crippen LogP contribution in [0.15, 0.2) is 36.4 Å². The van der Waals surface area contributed by atoms with Gasteiger partial charge in [-0.2, -0.15) is 39.5 Å². The van der Waals surface area contributed by atoms with Crippen molar-refractivity contribution in [1.82, 2.24) is 0 Å². The van der Waals surface area contributed by atoms with Gasteiger partial charge in [0.05, 0.1) is 5.56 Å². The molecule has 27 heavy (non-hydrogen) atoms. The van der Waals surface area contributed by atoms with Crippen LogP contribution in [0.1, 0.15) is 16.7 Å². The van der Waals surface area contributed by atoms with Gasteiger partial charge < -0.3 is 5.11 Å². The number of aromatic hydroxyl groups is 1. The largest absolute Gasteiger partial charge is 0.507 e. The van der Waals surface area contributed by atoms with Crippen molar-refractivity contribution in [2.24, 2.45) is 0 Å². The van der Waals surface area contributed by atoms with Crippen molar-refractivity contribution in [2.45, 2.75) is 30.4 Å². The fraction of sp³-hybridized carbons (Fsp3) is 0.294. The summed E-state index contributed by atoms with van der Waals surface area (Å²) in [7, 11) is 0. The average Bonchev–Trinajstić information content (AvgIpc) is 2.93. The van der Waals surface area contributed by atoms with Crippen molar-refractivity contribution in [3.05, 3.63) is 53.1 Å². The molecule has 1 N–H and O–H groups in total. The molecule has 0 spiro atoms. The van der Waals surface area contributed by atoms with Gasteiger partial charge in [-0.05, 0) is 22.8 Å². The fourth-order valence-corrected chi connectivity index (χ4v) is 2.99. The van der Waals surface area contributed by atoms with Crippen LogP contribution in [0.4, 0.5) is 39.5 Å². The molecule has 0 bridgehead atoms. The van der Waals surface area contributed by atoms with E-state index < -0.39 is 35.3 Å². The second kappa shape index (κ2) is 5.56. The normalized spacial score (nSPS) is 14.9. The molecule has 0 saturated heterocycles. The van der Waals surface area contributed by atoms with Gasteiger partial charge in [-0.15, -0.1) is 0 Å². The molecule has 0 atom stereocenters. The maximum absolute atomic E-state index is 14.1. The zero-order valence-electron chi connectivity index (χ0n) is 13.0. The summed E-state index contributed by atoms with van der Waals surface area (Å²) in [6.07, 6.45) is -7.08. The second-order valence-corrected chi connectivity index (χ2v) is 6.04. The Hall–Kier alpha value is -2.39. The molecule has 0 radical (unpaired) electrons. The van der Waals surface area contributed by atoms with Gasteiger partial charge in [-0.1, -0.05) is 30.3 Å². The summed E-state index contributed by atoms with van der Waals surface area (Å²) < 4.78 is 118. The van der Waals surface area contributed by atoms with Crippen molar-refractivity contribution in [3.63, 3.8) is 0 Å². The van der Waals surface area contributed by atoms with Crippen molar-refractivity contribution >= 4 is 0 Å². The number of hydrogen-bond donors (Lipinski definition) is 1. The predicted octanol–water partition coefficient (Wildman–Crippen LogP) is 5.89. The van der Waals surface area contributed by atoms with Gasteiger partial charge in [0.15, 0.2) is 0 Å². The standard InChI is InChI=1S/C17H9F9O/c18-14(19,15(20,21)16(22,23)17(24,25)26)12-6-5-10-9-4-2-1-3-8(9)7-11(10)13(12)27/h1-6,27H,7H2. The first-order valence-corrected chi connectivity index (χ1v) is 7.37. The van der Waals surface area contributed by atoms with E-state index in [-0.39, 0.29) is 23.6 Å². The average molecular weight is 400 g/mol. The molecule has 2 aromatic rings. The van der Waals surface area contributed by atoms with Crippen LogP contribution in [0.2, 0.25) is 0 Å². The molecule has 0 fully saturated rings. The molecule has 1 aliphatic carbocycles. The SMILES string of the molecule is Oc1c(C(F)(F)C(F)(F)C(F)(F)C(F)(F)F)ccc2c1Cc1ccccc1-2. The monoisotopic (exact) mass is 400 g/mol. The molecule has 10 heteroatoms. The van der Waals surface area contributed by atoms with Gasteiger partial charge in [0.2, 0.25) is 0 Å². The van der Waals surface area contributed by atoms with E-state index in [1.807, 2.05) is 0 Å². The lowest BCUT2D eigenvalue weighted by Crippen LogP contribution is -2.59. The molecule has 1 nitrogen and oxygen atoms in total. The first-order chi connectivity index (χ1) is 12.2. The Labute approximate surface area is 146 Å². The van der Waals surface area contributed by atoms with Gasteiger partial charge in [-0.3, -0.25) is 0 Å². The third-order valence-corrected chi connectivity index (χ3v) is 4.44. The Kier molecular flexibility index (Phi) is 3.99. The van der Waals surface area contributed by atoms with Gasteiger partial charge in [0, 0.05) is 12.0 Å². The molecular formula is C17H9F9O. The number of hydrogen-bond acceptors (Lipinski definition) is 1. The molecule has 0 heterocycles. The summed E-state index contributed by atoms with van der Waals surface area (Å²) in [6, 6.07) is 7.42. The van der Waals surface area contributed by atoms with Crippen molar-refractivity contribution < 1.29 is 44.6 Å². The van der Waals surface area contributed by atoms with Crippen molar-refractivity contribution in [1.29, 1.82) is 0 Å².